The molecule has 4 heteroatoms. The van der Waals surface area contributed by atoms with E-state index < -0.39 is 0 Å². The van der Waals surface area contributed by atoms with Crippen LogP contribution in [0.1, 0.15) is 37.7 Å². The van der Waals surface area contributed by atoms with Crippen molar-refractivity contribution < 1.29 is 4.74 Å². The average molecular weight is 273 g/mol. The van der Waals surface area contributed by atoms with E-state index in [1.54, 1.807) is 0 Å². The molecule has 4 nitrogen and oxygen atoms in total. The van der Waals surface area contributed by atoms with Crippen LogP contribution in [-0.4, -0.2) is 25.3 Å². The fraction of sp³-hybridized carbons (Fsp3) is 0.562. The molecular formula is C16H23N3O. The SMILES string of the molecule is N#Cc1ccccc1NCCCOC1CCC(N)CC1. The van der Waals surface area contributed by atoms with Gasteiger partial charge in [-0.2, -0.15) is 5.26 Å². The molecule has 0 spiro atoms. The van der Waals surface area contributed by atoms with Crippen molar-refractivity contribution >= 4 is 5.69 Å². The first-order valence-corrected chi connectivity index (χ1v) is 7.40. The van der Waals surface area contributed by atoms with Crippen LogP contribution in [0.5, 0.6) is 0 Å². The molecule has 1 aliphatic rings. The third-order valence-corrected chi connectivity index (χ3v) is 3.76. The molecule has 0 aromatic heterocycles. The molecule has 1 saturated carbocycles. The lowest BCUT2D eigenvalue weighted by molar-refractivity contribution is 0.0251. The van der Waals surface area contributed by atoms with Crippen molar-refractivity contribution in [3.05, 3.63) is 29.8 Å². The molecule has 1 aliphatic carbocycles. The first kappa shape index (κ1) is 14.8. The second-order valence-corrected chi connectivity index (χ2v) is 5.35. The number of benzene rings is 1. The molecule has 0 bridgehead atoms. The molecule has 0 radical (unpaired) electrons. The molecule has 0 heterocycles. The van der Waals surface area contributed by atoms with Gasteiger partial charge >= 0.3 is 0 Å². The van der Waals surface area contributed by atoms with E-state index >= 15 is 0 Å². The van der Waals surface area contributed by atoms with Crippen molar-refractivity contribution in [3.8, 4) is 6.07 Å². The highest BCUT2D eigenvalue weighted by molar-refractivity contribution is 5.56. The van der Waals surface area contributed by atoms with Gasteiger partial charge in [0.05, 0.1) is 17.4 Å². The van der Waals surface area contributed by atoms with Crippen molar-refractivity contribution in [2.45, 2.75) is 44.2 Å². The van der Waals surface area contributed by atoms with E-state index in [9.17, 15) is 0 Å². The monoisotopic (exact) mass is 273 g/mol. The van der Waals surface area contributed by atoms with Crippen LogP contribution in [0.25, 0.3) is 0 Å². The quantitative estimate of drug-likeness (QED) is 0.782. The van der Waals surface area contributed by atoms with Crippen LogP contribution in [-0.2, 0) is 4.74 Å². The summed E-state index contributed by atoms with van der Waals surface area (Å²) >= 11 is 0. The summed E-state index contributed by atoms with van der Waals surface area (Å²) in [4.78, 5) is 0. The Morgan fingerprint density at radius 1 is 1.25 bits per heavy atom. The Kier molecular flexibility index (Phi) is 5.85. The van der Waals surface area contributed by atoms with E-state index in [0.29, 0.717) is 17.7 Å². The molecule has 2 rings (SSSR count). The lowest BCUT2D eigenvalue weighted by Crippen LogP contribution is -2.30. The summed E-state index contributed by atoms with van der Waals surface area (Å²) in [7, 11) is 0. The number of ether oxygens (including phenoxy) is 1. The van der Waals surface area contributed by atoms with Crippen molar-refractivity contribution in [2.75, 3.05) is 18.5 Å². The molecule has 0 amide bonds. The minimum atomic E-state index is 0.374. The minimum Gasteiger partial charge on any atom is -0.384 e. The number of anilines is 1. The number of nitrogens with one attached hydrogen (secondary N) is 1. The number of nitrogens with zero attached hydrogens (tertiary/aromatic N) is 1. The van der Waals surface area contributed by atoms with Crippen LogP contribution >= 0.6 is 0 Å². The Morgan fingerprint density at radius 2 is 2.00 bits per heavy atom. The van der Waals surface area contributed by atoms with Gasteiger partial charge in [-0.3, -0.25) is 0 Å². The molecule has 1 aromatic carbocycles. The van der Waals surface area contributed by atoms with Gasteiger partial charge in [-0.1, -0.05) is 12.1 Å². The highest BCUT2D eigenvalue weighted by Crippen LogP contribution is 2.20. The third kappa shape index (κ3) is 4.52. The van der Waals surface area contributed by atoms with E-state index in [0.717, 1.165) is 50.9 Å². The van der Waals surface area contributed by atoms with Gasteiger partial charge in [0.15, 0.2) is 0 Å². The van der Waals surface area contributed by atoms with Gasteiger partial charge in [0.1, 0.15) is 6.07 Å². The molecule has 20 heavy (non-hydrogen) atoms. The molecule has 0 saturated heterocycles. The van der Waals surface area contributed by atoms with Gasteiger partial charge in [0, 0.05) is 19.2 Å². The van der Waals surface area contributed by atoms with Gasteiger partial charge < -0.3 is 15.8 Å². The highest BCUT2D eigenvalue weighted by Gasteiger charge is 2.18. The van der Waals surface area contributed by atoms with Crippen LogP contribution in [0, 0.1) is 11.3 Å². The first-order valence-electron chi connectivity index (χ1n) is 7.40. The minimum absolute atomic E-state index is 0.374. The van der Waals surface area contributed by atoms with Crippen LogP contribution in [0.3, 0.4) is 0 Å². The van der Waals surface area contributed by atoms with Crippen molar-refractivity contribution in [2.24, 2.45) is 5.73 Å². The molecule has 108 valence electrons. The summed E-state index contributed by atoms with van der Waals surface area (Å²) in [6.07, 6.45) is 5.68. The average Bonchev–Trinajstić information content (AvgIpc) is 2.49. The Hall–Kier alpha value is -1.57. The van der Waals surface area contributed by atoms with Crippen LogP contribution < -0.4 is 11.1 Å². The number of hydrogen-bond donors (Lipinski definition) is 2. The fourth-order valence-electron chi connectivity index (χ4n) is 2.54. The standard InChI is InChI=1S/C16H23N3O/c17-12-13-4-1-2-5-16(13)19-10-3-11-20-15-8-6-14(18)7-9-15/h1-2,4-5,14-15,19H,3,6-11,18H2. The van der Waals surface area contributed by atoms with E-state index in [-0.39, 0.29) is 0 Å². The predicted octanol–water partition coefficient (Wildman–Crippen LogP) is 2.65. The maximum Gasteiger partial charge on any atom is 0.101 e. The topological polar surface area (TPSA) is 71.1 Å². The summed E-state index contributed by atoms with van der Waals surface area (Å²) in [5.74, 6) is 0. The summed E-state index contributed by atoms with van der Waals surface area (Å²) in [5.41, 5.74) is 7.46. The highest BCUT2D eigenvalue weighted by atomic mass is 16.5. The van der Waals surface area contributed by atoms with Gasteiger partial charge in [-0.15, -0.1) is 0 Å². The molecule has 3 N–H and O–H groups in total. The van der Waals surface area contributed by atoms with Crippen molar-refractivity contribution in [1.29, 1.82) is 5.26 Å². The normalized spacial score (nSPS) is 22.2. The Labute approximate surface area is 120 Å². The summed E-state index contributed by atoms with van der Waals surface area (Å²) in [6, 6.07) is 10.1. The number of nitriles is 1. The Balaban J connectivity index is 1.61. The summed E-state index contributed by atoms with van der Waals surface area (Å²) < 4.78 is 5.87. The van der Waals surface area contributed by atoms with Crippen LogP contribution in [0.15, 0.2) is 24.3 Å². The van der Waals surface area contributed by atoms with Crippen LogP contribution in [0.4, 0.5) is 5.69 Å². The third-order valence-electron chi connectivity index (χ3n) is 3.76. The van der Waals surface area contributed by atoms with Gasteiger partial charge in [0.2, 0.25) is 0 Å². The molecule has 0 atom stereocenters. The van der Waals surface area contributed by atoms with Crippen molar-refractivity contribution in [1.82, 2.24) is 0 Å². The summed E-state index contributed by atoms with van der Waals surface area (Å²) in [5, 5.41) is 12.3. The van der Waals surface area contributed by atoms with Crippen molar-refractivity contribution in [3.63, 3.8) is 0 Å². The van der Waals surface area contributed by atoms with Gasteiger partial charge in [-0.05, 0) is 44.2 Å². The summed E-state index contributed by atoms with van der Waals surface area (Å²) in [6.45, 7) is 1.59. The maximum absolute atomic E-state index is 8.99. The number of nitrogens with two attached hydrogens (primary N) is 1. The van der Waals surface area contributed by atoms with Crippen LogP contribution in [0.2, 0.25) is 0 Å². The first-order chi connectivity index (χ1) is 9.79. The number of rotatable bonds is 6. The van der Waals surface area contributed by atoms with E-state index in [1.165, 1.54) is 0 Å². The maximum atomic E-state index is 8.99. The Morgan fingerprint density at radius 3 is 2.75 bits per heavy atom. The fourth-order valence-corrected chi connectivity index (χ4v) is 2.54. The lowest BCUT2D eigenvalue weighted by Gasteiger charge is -2.26. The van der Waals surface area contributed by atoms with E-state index in [1.807, 2.05) is 24.3 Å². The molecule has 1 fully saturated rings. The van der Waals surface area contributed by atoms with Gasteiger partial charge in [0.25, 0.3) is 0 Å². The zero-order valence-corrected chi connectivity index (χ0v) is 11.8. The number of hydrogen-bond acceptors (Lipinski definition) is 4. The molecular weight excluding hydrogens is 250 g/mol. The lowest BCUT2D eigenvalue weighted by atomic mass is 9.94. The second-order valence-electron chi connectivity index (χ2n) is 5.35. The second kappa shape index (κ2) is 7.88. The van der Waals surface area contributed by atoms with E-state index in [2.05, 4.69) is 11.4 Å². The Bertz CT molecular complexity index is 447. The number of para-hydroxylation sites is 1. The molecule has 1 aromatic rings. The van der Waals surface area contributed by atoms with Gasteiger partial charge in [-0.25, -0.2) is 0 Å². The largest absolute Gasteiger partial charge is 0.384 e. The smallest absolute Gasteiger partial charge is 0.101 e. The zero-order valence-electron chi connectivity index (χ0n) is 11.8. The predicted molar refractivity (Wildman–Crippen MR) is 80.4 cm³/mol. The molecule has 0 aliphatic heterocycles. The molecule has 0 unspecified atom stereocenters. The van der Waals surface area contributed by atoms with E-state index in [4.69, 9.17) is 15.7 Å². The zero-order chi connectivity index (χ0) is 14.2.